The fourth-order valence-corrected chi connectivity index (χ4v) is 3.58. The molecule has 0 fully saturated rings. The van der Waals surface area contributed by atoms with Gasteiger partial charge in [-0.3, -0.25) is 9.59 Å². The summed E-state index contributed by atoms with van der Waals surface area (Å²) in [7, 11) is 0. The third kappa shape index (κ3) is 4.67. The first-order chi connectivity index (χ1) is 13.3. The maximum atomic E-state index is 12.9. The van der Waals surface area contributed by atoms with Crippen LogP contribution in [-0.2, 0) is 16.1 Å². The Morgan fingerprint density at radius 1 is 0.893 bits per heavy atom. The van der Waals surface area contributed by atoms with Crippen molar-refractivity contribution in [1.82, 2.24) is 4.90 Å². The molecule has 0 amide bonds. The molecule has 0 aliphatic carbocycles. The van der Waals surface area contributed by atoms with Crippen LogP contribution in [0.4, 0.5) is 0 Å². The first-order valence-corrected chi connectivity index (χ1v) is 9.81. The van der Waals surface area contributed by atoms with E-state index in [1.54, 1.807) is 17.3 Å². The van der Waals surface area contributed by atoms with Gasteiger partial charge in [-0.2, -0.15) is 0 Å². The van der Waals surface area contributed by atoms with Crippen molar-refractivity contribution in [2.75, 3.05) is 0 Å². The highest BCUT2D eigenvalue weighted by molar-refractivity contribution is 6.77. The minimum atomic E-state index is -2.11. The Kier molecular flexibility index (Phi) is 6.29. The van der Waals surface area contributed by atoms with Crippen molar-refractivity contribution in [3.63, 3.8) is 0 Å². The van der Waals surface area contributed by atoms with Crippen LogP contribution in [0.25, 0.3) is 0 Å². The zero-order valence-electron chi connectivity index (χ0n) is 15.1. The molecule has 0 aromatic heterocycles. The molecule has 0 saturated carbocycles. The van der Waals surface area contributed by atoms with Gasteiger partial charge in [0.1, 0.15) is 0 Å². The highest BCUT2D eigenvalue weighted by Gasteiger charge is 2.40. The van der Waals surface area contributed by atoms with E-state index in [4.69, 9.17) is 34.8 Å². The molecule has 0 radical (unpaired) electrons. The zero-order chi connectivity index (χ0) is 20.3. The van der Waals surface area contributed by atoms with Gasteiger partial charge >= 0.3 is 0 Å². The first-order valence-electron chi connectivity index (χ1n) is 8.68. The summed E-state index contributed by atoms with van der Waals surface area (Å²) in [5.74, 6) is -1.38. The lowest BCUT2D eigenvalue weighted by atomic mass is 9.80. The van der Waals surface area contributed by atoms with Crippen LogP contribution in [0.1, 0.15) is 24.0 Å². The Morgan fingerprint density at radius 2 is 1.43 bits per heavy atom. The molecule has 1 aliphatic rings. The monoisotopic (exact) mass is 433 g/mol. The summed E-state index contributed by atoms with van der Waals surface area (Å²) < 4.78 is -2.11. The van der Waals surface area contributed by atoms with Crippen molar-refractivity contribution in [3.8, 4) is 0 Å². The Labute approximate surface area is 179 Å². The molecule has 1 aliphatic heterocycles. The number of allylic oxidation sites excluding steroid dienone is 2. The number of benzene rings is 2. The average molecular weight is 435 g/mol. The van der Waals surface area contributed by atoms with E-state index in [2.05, 4.69) is 0 Å². The van der Waals surface area contributed by atoms with Gasteiger partial charge in [0.15, 0.2) is 5.78 Å². The summed E-state index contributed by atoms with van der Waals surface area (Å²) in [4.78, 5) is 27.2. The Hall–Kier alpha value is -2.07. The van der Waals surface area contributed by atoms with Gasteiger partial charge in [0.2, 0.25) is 5.78 Å². The molecule has 2 aromatic rings. The molecule has 0 N–H and O–H groups in total. The minimum absolute atomic E-state index is 0.144. The molecule has 144 valence electrons. The molecule has 3 rings (SSSR count). The summed E-state index contributed by atoms with van der Waals surface area (Å²) in [6.07, 6.45) is 3.43. The number of hydrogen-bond donors (Lipinski definition) is 0. The quantitative estimate of drug-likeness (QED) is 0.576. The van der Waals surface area contributed by atoms with Gasteiger partial charge in [0.05, 0.1) is 0 Å². The van der Waals surface area contributed by atoms with Crippen LogP contribution >= 0.6 is 34.8 Å². The molecule has 1 heterocycles. The van der Waals surface area contributed by atoms with E-state index in [0.717, 1.165) is 11.1 Å². The minimum Gasteiger partial charge on any atom is -0.349 e. The second kappa shape index (κ2) is 8.52. The fraction of sp³-hybridized carbons (Fsp3) is 0.182. The molecule has 2 aromatic carbocycles. The fourth-order valence-electron chi connectivity index (χ4n) is 3.25. The molecular formula is C22H18Cl3NO2. The normalized spacial score (nSPS) is 17.0. The lowest BCUT2D eigenvalue weighted by molar-refractivity contribution is -0.115. The number of hydrogen-bond acceptors (Lipinski definition) is 3. The summed E-state index contributed by atoms with van der Waals surface area (Å²) in [5.41, 5.74) is 2.56. The third-order valence-electron chi connectivity index (χ3n) is 4.50. The molecular weight excluding hydrogens is 417 g/mol. The van der Waals surface area contributed by atoms with E-state index in [9.17, 15) is 9.59 Å². The smallest absolute Gasteiger partial charge is 0.253 e. The van der Waals surface area contributed by atoms with Crippen LogP contribution in [-0.4, -0.2) is 20.3 Å². The number of carbonyl (C=O) groups excluding carboxylic acids is 2. The number of carbonyl (C=O) groups is 2. The van der Waals surface area contributed by atoms with Crippen molar-refractivity contribution in [1.29, 1.82) is 0 Å². The van der Waals surface area contributed by atoms with Crippen molar-refractivity contribution in [2.24, 2.45) is 0 Å². The Bertz CT molecular complexity index is 931. The predicted octanol–water partition coefficient (Wildman–Crippen LogP) is 5.58. The summed E-state index contributed by atoms with van der Waals surface area (Å²) in [6, 6.07) is 19.0. The van der Waals surface area contributed by atoms with Gasteiger partial charge in [0, 0.05) is 36.0 Å². The lowest BCUT2D eigenvalue weighted by Crippen LogP contribution is -2.31. The lowest BCUT2D eigenvalue weighted by Gasteiger charge is -2.32. The highest BCUT2D eigenvalue weighted by Crippen LogP contribution is 2.41. The highest BCUT2D eigenvalue weighted by atomic mass is 35.6. The van der Waals surface area contributed by atoms with Crippen molar-refractivity contribution >= 4 is 46.4 Å². The van der Waals surface area contributed by atoms with Crippen LogP contribution < -0.4 is 0 Å². The summed E-state index contributed by atoms with van der Waals surface area (Å²) in [6.45, 7) is 1.96. The Balaban J connectivity index is 2.10. The molecule has 28 heavy (non-hydrogen) atoms. The number of Topliss-reactive ketones (excluding diaryl/α,β-unsaturated/α-hetero) is 2. The van der Waals surface area contributed by atoms with Crippen LogP contribution in [0.15, 0.2) is 84.2 Å². The maximum absolute atomic E-state index is 12.9. The largest absolute Gasteiger partial charge is 0.349 e. The molecule has 1 atom stereocenters. The van der Waals surface area contributed by atoms with Crippen LogP contribution in [0.2, 0.25) is 0 Å². The predicted molar refractivity (Wildman–Crippen MR) is 113 cm³/mol. The van der Waals surface area contributed by atoms with Gasteiger partial charge in [0.25, 0.3) is 3.79 Å². The second-order valence-electron chi connectivity index (χ2n) is 6.55. The number of ketones is 2. The van der Waals surface area contributed by atoms with Crippen molar-refractivity contribution in [2.45, 2.75) is 23.2 Å². The number of alkyl halides is 3. The molecule has 6 heteroatoms. The second-order valence-corrected chi connectivity index (χ2v) is 8.83. The van der Waals surface area contributed by atoms with E-state index in [-0.39, 0.29) is 11.4 Å². The van der Waals surface area contributed by atoms with E-state index in [1.807, 2.05) is 60.7 Å². The van der Waals surface area contributed by atoms with Gasteiger partial charge in [-0.05, 0) is 18.1 Å². The first kappa shape index (κ1) is 20.7. The third-order valence-corrected chi connectivity index (χ3v) is 5.01. The number of nitrogens with zero attached hydrogens (tertiary/aromatic N) is 1. The number of halogens is 3. The van der Waals surface area contributed by atoms with Crippen LogP contribution in [0.3, 0.4) is 0 Å². The maximum Gasteiger partial charge on any atom is 0.253 e. The summed E-state index contributed by atoms with van der Waals surface area (Å²) in [5, 5.41) is 0. The molecule has 0 saturated heterocycles. The van der Waals surface area contributed by atoms with Crippen LogP contribution in [0.5, 0.6) is 0 Å². The summed E-state index contributed by atoms with van der Waals surface area (Å²) >= 11 is 17.8. The molecule has 3 nitrogen and oxygen atoms in total. The number of rotatable bonds is 5. The molecule has 0 spiro atoms. The van der Waals surface area contributed by atoms with E-state index in [0.29, 0.717) is 12.1 Å². The van der Waals surface area contributed by atoms with Gasteiger partial charge in [-0.1, -0.05) is 95.5 Å². The van der Waals surface area contributed by atoms with E-state index >= 15 is 0 Å². The van der Waals surface area contributed by atoms with Gasteiger partial charge in [-0.25, -0.2) is 0 Å². The SMILES string of the molecule is CC(=O)C1=CN(Cc2ccccc2)C=C(C(=O)C(Cl)(Cl)Cl)C1c1ccccc1. The Morgan fingerprint density at radius 3 is 1.96 bits per heavy atom. The zero-order valence-corrected chi connectivity index (χ0v) is 17.4. The average Bonchev–Trinajstić information content (AvgIpc) is 2.67. The van der Waals surface area contributed by atoms with E-state index < -0.39 is 15.5 Å². The van der Waals surface area contributed by atoms with Gasteiger partial charge < -0.3 is 4.90 Å². The topological polar surface area (TPSA) is 37.4 Å². The molecule has 0 bridgehead atoms. The van der Waals surface area contributed by atoms with E-state index in [1.165, 1.54) is 6.92 Å². The van der Waals surface area contributed by atoms with Crippen LogP contribution in [0, 0.1) is 0 Å². The standard InChI is InChI=1S/C22H18Cl3NO2/c1-15(27)18-13-26(12-16-8-4-2-5-9-16)14-19(21(28)22(23,24)25)20(18)17-10-6-3-7-11-17/h2-11,13-14,20H,12H2,1H3. The van der Waals surface area contributed by atoms with Crippen molar-refractivity contribution < 1.29 is 9.59 Å². The molecule has 1 unspecified atom stereocenters. The van der Waals surface area contributed by atoms with Crippen molar-refractivity contribution in [3.05, 3.63) is 95.3 Å². The van der Waals surface area contributed by atoms with Gasteiger partial charge in [-0.15, -0.1) is 0 Å².